The lowest BCUT2D eigenvalue weighted by Crippen LogP contribution is -2.58. The Bertz CT molecular complexity index is 1110. The molecule has 0 saturated carbocycles. The molecule has 3 heterocycles. The monoisotopic (exact) mass is 579 g/mol. The van der Waals surface area contributed by atoms with Crippen LogP contribution in [0.4, 0.5) is 0 Å². The van der Waals surface area contributed by atoms with Gasteiger partial charge >= 0.3 is 0 Å². The second kappa shape index (κ2) is 11.5. The molecule has 0 aromatic heterocycles. The van der Waals surface area contributed by atoms with Crippen molar-refractivity contribution in [3.8, 4) is 0 Å². The van der Waals surface area contributed by atoms with Crippen molar-refractivity contribution >= 4 is 57.1 Å². The highest BCUT2D eigenvalue weighted by Crippen LogP contribution is 2.56. The van der Waals surface area contributed by atoms with Gasteiger partial charge in [-0.15, -0.1) is 47.0 Å². The van der Waals surface area contributed by atoms with Crippen LogP contribution in [-0.2, 0) is 16.4 Å². The number of rotatable bonds is 6. The summed E-state index contributed by atoms with van der Waals surface area (Å²) >= 11 is 8.28. The molecule has 2 atom stereocenters. The van der Waals surface area contributed by atoms with E-state index in [0.717, 1.165) is 31.2 Å². The van der Waals surface area contributed by atoms with Crippen molar-refractivity contribution in [2.75, 3.05) is 23.0 Å². The van der Waals surface area contributed by atoms with Gasteiger partial charge in [-0.05, 0) is 93.1 Å². The van der Waals surface area contributed by atoms with E-state index < -0.39 is 10.0 Å². The molecule has 36 heavy (non-hydrogen) atoms. The SMILES string of the molecule is Cc1ccc(S(=O)(=O)N2[C@H](Cc3ccccc3)CC3(C[C@@H]2CC2(C)SCCCS2)SCCCS3)cc1. The lowest BCUT2D eigenvalue weighted by atomic mass is 9.90. The largest absolute Gasteiger partial charge is 0.243 e. The van der Waals surface area contributed by atoms with Crippen molar-refractivity contribution < 1.29 is 8.42 Å². The predicted molar refractivity (Wildman–Crippen MR) is 162 cm³/mol. The maximum absolute atomic E-state index is 14.4. The van der Waals surface area contributed by atoms with Gasteiger partial charge in [-0.1, -0.05) is 48.0 Å². The fraction of sp³-hybridized carbons (Fsp3) is 0.571. The van der Waals surface area contributed by atoms with Crippen LogP contribution in [0.15, 0.2) is 59.5 Å². The van der Waals surface area contributed by atoms with E-state index in [1.807, 2.05) is 65.1 Å². The first kappa shape index (κ1) is 27.3. The van der Waals surface area contributed by atoms with Crippen LogP contribution >= 0.6 is 47.0 Å². The van der Waals surface area contributed by atoms with Gasteiger partial charge in [0.05, 0.1) is 13.1 Å². The molecule has 3 aliphatic rings. The van der Waals surface area contributed by atoms with Crippen molar-refractivity contribution in [2.45, 2.75) is 77.5 Å². The molecule has 0 aliphatic carbocycles. The molecule has 3 saturated heterocycles. The molecular formula is C28H37NO2S5. The van der Waals surface area contributed by atoms with Gasteiger partial charge in [0.25, 0.3) is 0 Å². The standard InChI is InChI=1S/C28H37NO2S5/c1-22-10-12-26(13-11-22)36(30,31)29-24(18-23-8-4-3-5-9-23)20-28(34-16-7-17-35-28)21-25(29)19-27(2)32-14-6-15-33-27/h3-5,8-13,24-25H,6-7,14-21H2,1-2H3/t24-,25+/m1/s1. The first-order valence-electron chi connectivity index (χ1n) is 13.0. The zero-order valence-corrected chi connectivity index (χ0v) is 25.3. The Balaban J connectivity index is 1.57. The van der Waals surface area contributed by atoms with Crippen molar-refractivity contribution in [1.29, 1.82) is 0 Å². The zero-order chi connectivity index (χ0) is 25.2. The molecule has 3 aliphatic heterocycles. The average Bonchev–Trinajstić information content (AvgIpc) is 2.85. The number of hydrogen-bond acceptors (Lipinski definition) is 6. The number of aryl methyl sites for hydroxylation is 1. The van der Waals surface area contributed by atoms with Gasteiger partial charge in [-0.3, -0.25) is 0 Å². The van der Waals surface area contributed by atoms with E-state index in [1.165, 1.54) is 41.4 Å². The zero-order valence-electron chi connectivity index (χ0n) is 21.2. The first-order chi connectivity index (χ1) is 17.3. The van der Waals surface area contributed by atoms with Crippen molar-refractivity contribution in [2.24, 2.45) is 0 Å². The van der Waals surface area contributed by atoms with Crippen molar-refractivity contribution in [3.05, 3.63) is 65.7 Å². The van der Waals surface area contributed by atoms with Gasteiger partial charge in [0.2, 0.25) is 10.0 Å². The molecular weight excluding hydrogens is 543 g/mol. The number of thioether (sulfide) groups is 4. The smallest absolute Gasteiger partial charge is 0.207 e. The van der Waals surface area contributed by atoms with Crippen molar-refractivity contribution in [3.63, 3.8) is 0 Å². The predicted octanol–water partition coefficient (Wildman–Crippen LogP) is 7.30. The Morgan fingerprint density at radius 2 is 1.42 bits per heavy atom. The van der Waals surface area contributed by atoms with Crippen LogP contribution < -0.4 is 0 Å². The fourth-order valence-corrected chi connectivity index (χ4v) is 14.3. The number of piperidine rings is 1. The molecule has 8 heteroatoms. The summed E-state index contributed by atoms with van der Waals surface area (Å²) in [4.78, 5) is 0.435. The van der Waals surface area contributed by atoms with Crippen LogP contribution in [0.1, 0.15) is 50.2 Å². The van der Waals surface area contributed by atoms with E-state index in [1.54, 1.807) is 0 Å². The van der Waals surface area contributed by atoms with E-state index in [4.69, 9.17) is 0 Å². The van der Waals surface area contributed by atoms with Gasteiger partial charge in [0.1, 0.15) is 0 Å². The highest BCUT2D eigenvalue weighted by Gasteiger charge is 2.52. The highest BCUT2D eigenvalue weighted by molar-refractivity contribution is 8.19. The Morgan fingerprint density at radius 3 is 2.06 bits per heavy atom. The van der Waals surface area contributed by atoms with Gasteiger partial charge in [-0.2, -0.15) is 4.31 Å². The van der Waals surface area contributed by atoms with E-state index in [2.05, 4.69) is 54.7 Å². The lowest BCUT2D eigenvalue weighted by Gasteiger charge is -2.52. The molecule has 5 rings (SSSR count). The molecule has 3 nitrogen and oxygen atoms in total. The van der Waals surface area contributed by atoms with Crippen molar-refractivity contribution in [1.82, 2.24) is 4.31 Å². The maximum atomic E-state index is 14.4. The van der Waals surface area contributed by atoms with Crippen LogP contribution in [-0.4, -0.2) is 56.0 Å². The summed E-state index contributed by atoms with van der Waals surface area (Å²) in [5.41, 5.74) is 2.31. The molecule has 3 fully saturated rings. The minimum atomic E-state index is -3.63. The molecule has 1 spiro atoms. The molecule has 2 aromatic carbocycles. The Morgan fingerprint density at radius 1 is 0.833 bits per heavy atom. The second-order valence-corrected chi connectivity index (χ2v) is 18.9. The third-order valence-electron chi connectivity index (χ3n) is 7.45. The third-order valence-corrected chi connectivity index (χ3v) is 16.1. The van der Waals surface area contributed by atoms with E-state index >= 15 is 0 Å². The van der Waals surface area contributed by atoms with Gasteiger partial charge in [-0.25, -0.2) is 8.42 Å². The Hall–Kier alpha value is -0.250. The second-order valence-electron chi connectivity index (χ2n) is 10.4. The van der Waals surface area contributed by atoms with E-state index in [9.17, 15) is 8.42 Å². The summed E-state index contributed by atoms with van der Waals surface area (Å²) in [6.45, 7) is 4.37. The quantitative estimate of drug-likeness (QED) is 0.357. The van der Waals surface area contributed by atoms with Gasteiger partial charge in [0, 0.05) is 12.1 Å². The Kier molecular flexibility index (Phi) is 8.70. The molecule has 0 N–H and O–H groups in total. The number of nitrogens with zero attached hydrogens (tertiary/aromatic N) is 1. The molecule has 2 aromatic rings. The molecule has 196 valence electrons. The highest BCUT2D eigenvalue weighted by atomic mass is 32.2. The number of sulfonamides is 1. The molecule has 0 radical (unpaired) electrons. The van der Waals surface area contributed by atoms with E-state index in [-0.39, 0.29) is 20.2 Å². The topological polar surface area (TPSA) is 37.4 Å². The van der Waals surface area contributed by atoms with Crippen LogP contribution in [0.25, 0.3) is 0 Å². The minimum absolute atomic E-state index is 0.0000321. The van der Waals surface area contributed by atoms with Gasteiger partial charge in [0.15, 0.2) is 0 Å². The molecule has 0 unspecified atom stereocenters. The number of hydrogen-bond donors (Lipinski definition) is 0. The Labute approximate surface area is 234 Å². The normalized spacial score (nSPS) is 26.6. The molecule has 0 bridgehead atoms. The summed E-state index contributed by atoms with van der Waals surface area (Å²) in [5, 5.41) is 0. The average molecular weight is 580 g/mol. The van der Waals surface area contributed by atoms with Crippen LogP contribution in [0.5, 0.6) is 0 Å². The van der Waals surface area contributed by atoms with Gasteiger partial charge < -0.3 is 0 Å². The lowest BCUT2D eigenvalue weighted by molar-refractivity contribution is 0.165. The minimum Gasteiger partial charge on any atom is -0.207 e. The van der Waals surface area contributed by atoms with Crippen LogP contribution in [0.3, 0.4) is 0 Å². The maximum Gasteiger partial charge on any atom is 0.243 e. The summed E-state index contributed by atoms with van der Waals surface area (Å²) < 4.78 is 31.0. The number of benzene rings is 2. The fourth-order valence-electron chi connectivity index (χ4n) is 5.79. The van der Waals surface area contributed by atoms with Crippen LogP contribution in [0.2, 0.25) is 0 Å². The third kappa shape index (κ3) is 6.15. The summed E-state index contributed by atoms with van der Waals surface area (Å²) in [6.07, 6.45) is 6.02. The summed E-state index contributed by atoms with van der Waals surface area (Å²) in [7, 11) is -3.63. The first-order valence-corrected chi connectivity index (χ1v) is 18.4. The van der Waals surface area contributed by atoms with E-state index in [0.29, 0.717) is 4.90 Å². The van der Waals surface area contributed by atoms with Crippen LogP contribution in [0, 0.1) is 6.92 Å². The summed E-state index contributed by atoms with van der Waals surface area (Å²) in [6, 6.07) is 17.9. The molecule has 0 amide bonds. The summed E-state index contributed by atoms with van der Waals surface area (Å²) in [5.74, 6) is 4.71.